The van der Waals surface area contributed by atoms with Crippen molar-refractivity contribution in [2.45, 2.75) is 32.6 Å². The molecule has 3 N–H and O–H groups in total. The van der Waals surface area contributed by atoms with Crippen LogP contribution >= 0.6 is 0 Å². The first kappa shape index (κ1) is 23.1. The molecule has 1 aromatic heterocycles. The topological polar surface area (TPSA) is 60.2 Å². The summed E-state index contributed by atoms with van der Waals surface area (Å²) in [6.07, 6.45) is 6.32. The summed E-state index contributed by atoms with van der Waals surface area (Å²) in [6, 6.07) is 24.1. The molecular weight excluding hydrogens is 401 g/mol. The number of rotatable bonds is 8. The van der Waals surface area contributed by atoms with Gasteiger partial charge in [0, 0.05) is 29.0 Å². The highest BCUT2D eigenvalue weighted by atomic mass is 19.1. The average Bonchev–Trinajstić information content (AvgIpc) is 2.82. The van der Waals surface area contributed by atoms with Crippen LogP contribution in [0.2, 0.25) is 0 Å². The van der Waals surface area contributed by atoms with Gasteiger partial charge < -0.3 is 15.8 Å². The first-order valence-electron chi connectivity index (χ1n) is 11.0. The Balaban J connectivity index is 0.000000219. The van der Waals surface area contributed by atoms with Crippen LogP contribution in [0, 0.1) is 5.82 Å². The number of hydrogen-bond donors (Lipinski definition) is 2. The van der Waals surface area contributed by atoms with E-state index in [-0.39, 0.29) is 5.82 Å². The molecule has 0 radical (unpaired) electrons. The lowest BCUT2D eigenvalue weighted by atomic mass is 10.2. The van der Waals surface area contributed by atoms with Crippen molar-refractivity contribution in [1.29, 1.82) is 0 Å². The molecule has 0 saturated heterocycles. The second-order valence-electron chi connectivity index (χ2n) is 7.46. The lowest BCUT2D eigenvalue weighted by Crippen LogP contribution is -1.99. The Morgan fingerprint density at radius 1 is 0.906 bits per heavy atom. The van der Waals surface area contributed by atoms with E-state index in [2.05, 4.69) is 17.2 Å². The molecular formula is C27H30FN3O. The quantitative estimate of drug-likeness (QED) is 0.286. The van der Waals surface area contributed by atoms with E-state index in [0.29, 0.717) is 18.0 Å². The number of nitrogens with two attached hydrogens (primary N) is 1. The number of hydrogen-bond acceptors (Lipinski definition) is 4. The van der Waals surface area contributed by atoms with E-state index < -0.39 is 0 Å². The van der Waals surface area contributed by atoms with Crippen molar-refractivity contribution in [3.05, 3.63) is 90.9 Å². The van der Waals surface area contributed by atoms with Gasteiger partial charge in [-0.15, -0.1) is 0 Å². The minimum Gasteiger partial charge on any atom is -0.493 e. The highest BCUT2D eigenvalue weighted by molar-refractivity contribution is 5.89. The van der Waals surface area contributed by atoms with Crippen LogP contribution in [0.4, 0.5) is 21.5 Å². The van der Waals surface area contributed by atoms with Gasteiger partial charge in [-0.25, -0.2) is 4.39 Å². The molecule has 5 heteroatoms. The molecule has 0 amide bonds. The summed E-state index contributed by atoms with van der Waals surface area (Å²) in [7, 11) is 0. The second kappa shape index (κ2) is 12.3. The van der Waals surface area contributed by atoms with Crippen molar-refractivity contribution in [2.24, 2.45) is 0 Å². The molecule has 0 aliphatic heterocycles. The summed E-state index contributed by atoms with van der Waals surface area (Å²) >= 11 is 0. The Kier molecular flexibility index (Phi) is 8.87. The lowest BCUT2D eigenvalue weighted by molar-refractivity contribution is 0.303. The minimum atomic E-state index is -0.301. The van der Waals surface area contributed by atoms with Crippen molar-refractivity contribution < 1.29 is 9.13 Å². The van der Waals surface area contributed by atoms with Crippen molar-refractivity contribution in [3.63, 3.8) is 0 Å². The fraction of sp³-hybridized carbons (Fsp3) is 0.222. The number of para-hydroxylation sites is 2. The van der Waals surface area contributed by atoms with Gasteiger partial charge in [-0.05, 0) is 42.8 Å². The zero-order valence-electron chi connectivity index (χ0n) is 18.4. The molecule has 0 saturated carbocycles. The Morgan fingerprint density at radius 3 is 2.44 bits per heavy atom. The zero-order valence-corrected chi connectivity index (χ0v) is 18.4. The summed E-state index contributed by atoms with van der Waals surface area (Å²) in [5.41, 5.74) is 8.78. The predicted octanol–water partition coefficient (Wildman–Crippen LogP) is 7.35. The highest BCUT2D eigenvalue weighted by Crippen LogP contribution is 2.24. The molecule has 0 spiro atoms. The predicted molar refractivity (Wildman–Crippen MR) is 132 cm³/mol. The number of halogens is 1. The van der Waals surface area contributed by atoms with Crippen molar-refractivity contribution in [3.8, 4) is 5.75 Å². The first-order valence-corrected chi connectivity index (χ1v) is 11.0. The van der Waals surface area contributed by atoms with Crippen molar-refractivity contribution >= 4 is 28.0 Å². The van der Waals surface area contributed by atoms with E-state index in [9.17, 15) is 4.39 Å². The third-order valence-electron chi connectivity index (χ3n) is 4.94. The molecule has 0 aliphatic carbocycles. The van der Waals surface area contributed by atoms with Gasteiger partial charge in [0.05, 0.1) is 17.8 Å². The number of ether oxygens (including phenoxy) is 1. The monoisotopic (exact) mass is 431 g/mol. The molecule has 4 aromatic rings. The molecule has 4 nitrogen and oxygen atoms in total. The molecule has 1 heterocycles. The maximum Gasteiger partial charge on any atom is 0.150 e. The van der Waals surface area contributed by atoms with E-state index in [1.165, 1.54) is 18.9 Å². The van der Waals surface area contributed by atoms with Crippen LogP contribution in [0.15, 0.2) is 85.1 Å². The van der Waals surface area contributed by atoms with Gasteiger partial charge in [0.15, 0.2) is 0 Å². The van der Waals surface area contributed by atoms with Gasteiger partial charge in [0.25, 0.3) is 0 Å². The van der Waals surface area contributed by atoms with E-state index in [4.69, 9.17) is 10.5 Å². The van der Waals surface area contributed by atoms with Crippen LogP contribution in [-0.2, 0) is 0 Å². The number of anilines is 3. The average molecular weight is 432 g/mol. The second-order valence-corrected chi connectivity index (χ2v) is 7.46. The summed E-state index contributed by atoms with van der Waals surface area (Å²) < 4.78 is 19.6. The molecule has 0 unspecified atom stereocenters. The first-order chi connectivity index (χ1) is 15.7. The van der Waals surface area contributed by atoms with E-state index in [1.807, 2.05) is 60.7 Å². The van der Waals surface area contributed by atoms with Crippen LogP contribution < -0.4 is 15.8 Å². The van der Waals surface area contributed by atoms with Gasteiger partial charge in [0.2, 0.25) is 0 Å². The number of benzene rings is 3. The van der Waals surface area contributed by atoms with Gasteiger partial charge in [0.1, 0.15) is 11.6 Å². The van der Waals surface area contributed by atoms with E-state index >= 15 is 0 Å². The largest absolute Gasteiger partial charge is 0.493 e. The van der Waals surface area contributed by atoms with Crippen LogP contribution in [0.25, 0.3) is 10.9 Å². The standard InChI is InChI=1S/C18H22FNO.C9H8N2/c1-2-3-4-8-13-21-16-11-12-18(17(19)14-16)20-15-9-6-5-7-10-15;10-8-5-6-11-9-4-2-1-3-7(8)9/h5-7,9-12,14,20H,2-4,8,13H2,1H3;1-6H,(H2,10,11). The highest BCUT2D eigenvalue weighted by Gasteiger charge is 2.04. The van der Waals surface area contributed by atoms with Crippen molar-refractivity contribution in [2.75, 3.05) is 17.7 Å². The molecule has 32 heavy (non-hydrogen) atoms. The lowest BCUT2D eigenvalue weighted by Gasteiger charge is -2.10. The Bertz CT molecular complexity index is 1100. The Hall–Kier alpha value is -3.60. The van der Waals surface area contributed by atoms with Gasteiger partial charge in [-0.3, -0.25) is 4.98 Å². The maximum atomic E-state index is 14.0. The van der Waals surface area contributed by atoms with Crippen LogP contribution in [0.3, 0.4) is 0 Å². The third kappa shape index (κ3) is 6.98. The summed E-state index contributed by atoms with van der Waals surface area (Å²) in [5.74, 6) is 0.285. The Morgan fingerprint density at radius 2 is 1.69 bits per heavy atom. The van der Waals surface area contributed by atoms with Crippen LogP contribution in [0.1, 0.15) is 32.6 Å². The molecule has 3 aromatic carbocycles. The fourth-order valence-electron chi connectivity index (χ4n) is 3.20. The number of fused-ring (bicyclic) bond motifs is 1. The number of pyridine rings is 1. The molecule has 4 rings (SSSR count). The molecule has 0 atom stereocenters. The normalized spacial score (nSPS) is 10.3. The van der Waals surface area contributed by atoms with Gasteiger partial charge in [-0.2, -0.15) is 0 Å². The molecule has 0 bridgehead atoms. The van der Waals surface area contributed by atoms with Crippen LogP contribution in [0.5, 0.6) is 5.75 Å². The third-order valence-corrected chi connectivity index (χ3v) is 4.94. The number of unbranched alkanes of at least 4 members (excludes halogenated alkanes) is 3. The molecule has 166 valence electrons. The van der Waals surface area contributed by atoms with Gasteiger partial charge >= 0.3 is 0 Å². The number of aromatic nitrogens is 1. The van der Waals surface area contributed by atoms with Crippen molar-refractivity contribution in [1.82, 2.24) is 4.98 Å². The van der Waals surface area contributed by atoms with E-state index in [1.54, 1.807) is 18.3 Å². The minimum absolute atomic E-state index is 0.301. The summed E-state index contributed by atoms with van der Waals surface area (Å²) in [6.45, 7) is 2.82. The summed E-state index contributed by atoms with van der Waals surface area (Å²) in [5, 5.41) is 4.08. The number of nitrogens with zero attached hydrogens (tertiary/aromatic N) is 1. The van der Waals surface area contributed by atoms with Crippen LogP contribution in [-0.4, -0.2) is 11.6 Å². The SMILES string of the molecule is CCCCCCOc1ccc(Nc2ccccc2)c(F)c1.Nc1ccnc2ccccc12. The summed E-state index contributed by atoms with van der Waals surface area (Å²) in [4.78, 5) is 4.16. The maximum absolute atomic E-state index is 14.0. The number of nitrogens with one attached hydrogen (secondary N) is 1. The smallest absolute Gasteiger partial charge is 0.150 e. The zero-order chi connectivity index (χ0) is 22.6. The van der Waals surface area contributed by atoms with E-state index in [0.717, 1.165) is 35.1 Å². The number of nitrogen functional groups attached to an aromatic ring is 1. The van der Waals surface area contributed by atoms with Gasteiger partial charge in [-0.1, -0.05) is 62.6 Å². The molecule has 0 fully saturated rings. The Labute approximate surface area is 189 Å². The fourth-order valence-corrected chi connectivity index (χ4v) is 3.20. The molecule has 0 aliphatic rings.